The predicted octanol–water partition coefficient (Wildman–Crippen LogP) is 3.91. The number of halogens is 3. The summed E-state index contributed by atoms with van der Waals surface area (Å²) in [6.45, 7) is 0.429. The lowest BCUT2D eigenvalue weighted by Gasteiger charge is -2.40. The number of pyridine rings is 1. The van der Waals surface area contributed by atoms with Gasteiger partial charge in [-0.2, -0.15) is 13.2 Å². The number of hydrogen-bond acceptors (Lipinski definition) is 3. The van der Waals surface area contributed by atoms with Crippen LogP contribution in [0.2, 0.25) is 0 Å². The number of nitrogens with zero attached hydrogens (tertiary/aromatic N) is 3. The van der Waals surface area contributed by atoms with Crippen molar-refractivity contribution in [1.29, 1.82) is 0 Å². The van der Waals surface area contributed by atoms with Crippen LogP contribution in [0.5, 0.6) is 0 Å². The Kier molecular flexibility index (Phi) is 4.15. The average Bonchev–Trinajstić information content (AvgIpc) is 3.29. The topological polar surface area (TPSA) is 53.5 Å². The highest BCUT2D eigenvalue weighted by Gasteiger charge is 2.60. The van der Waals surface area contributed by atoms with Gasteiger partial charge in [-0.15, -0.1) is 0 Å². The molecule has 1 fully saturated rings. The van der Waals surface area contributed by atoms with E-state index >= 15 is 0 Å². The van der Waals surface area contributed by atoms with Crippen LogP contribution in [0.15, 0.2) is 72.9 Å². The molecule has 0 N–H and O–H groups in total. The fourth-order valence-corrected chi connectivity index (χ4v) is 4.56. The van der Waals surface area contributed by atoms with Gasteiger partial charge in [0.1, 0.15) is 5.69 Å². The normalized spacial score (nSPS) is 20.0. The van der Waals surface area contributed by atoms with Gasteiger partial charge in [-0.05, 0) is 24.3 Å². The molecule has 0 spiro atoms. The van der Waals surface area contributed by atoms with Gasteiger partial charge in [0, 0.05) is 36.0 Å². The first-order valence-electron chi connectivity index (χ1n) is 9.67. The number of rotatable bonds is 2. The molecule has 2 amide bonds. The summed E-state index contributed by atoms with van der Waals surface area (Å²) in [6, 6.07) is 16.8. The van der Waals surface area contributed by atoms with Crippen molar-refractivity contribution in [3.8, 4) is 0 Å². The van der Waals surface area contributed by atoms with E-state index in [1.165, 1.54) is 23.2 Å². The molecule has 8 heteroatoms. The Morgan fingerprint density at radius 3 is 2.48 bits per heavy atom. The standard InChI is InChI=1S/C23H16F3N3O2/c24-23(25,26)17-9-4-6-15(14-17)20(30)28-12-13-29-21(31)19-18(10-5-11-27-19)22(28,29)16-7-2-1-3-8-16/h1-11,14H,12-13H2. The lowest BCUT2D eigenvalue weighted by Crippen LogP contribution is -2.51. The van der Waals surface area contributed by atoms with E-state index in [-0.39, 0.29) is 30.3 Å². The van der Waals surface area contributed by atoms with Gasteiger partial charge < -0.3 is 9.80 Å². The summed E-state index contributed by atoms with van der Waals surface area (Å²) in [4.78, 5) is 34.0. The van der Waals surface area contributed by atoms with E-state index in [0.717, 1.165) is 12.1 Å². The molecule has 2 aromatic carbocycles. The quantitative estimate of drug-likeness (QED) is 0.628. The Labute approximate surface area is 175 Å². The number of amides is 2. The van der Waals surface area contributed by atoms with Crippen molar-refractivity contribution in [1.82, 2.24) is 14.8 Å². The molecular weight excluding hydrogens is 407 g/mol. The van der Waals surface area contributed by atoms with Crippen LogP contribution in [-0.4, -0.2) is 39.7 Å². The van der Waals surface area contributed by atoms with E-state index < -0.39 is 23.3 Å². The maximum Gasteiger partial charge on any atom is 0.416 e. The second kappa shape index (κ2) is 6.66. The second-order valence-electron chi connectivity index (χ2n) is 7.43. The molecule has 0 bridgehead atoms. The zero-order valence-electron chi connectivity index (χ0n) is 16.1. The van der Waals surface area contributed by atoms with Crippen molar-refractivity contribution in [2.24, 2.45) is 0 Å². The molecule has 3 aromatic rings. The van der Waals surface area contributed by atoms with Crippen LogP contribution < -0.4 is 0 Å². The molecule has 1 atom stereocenters. The van der Waals surface area contributed by atoms with Crippen LogP contribution in [0, 0.1) is 0 Å². The number of benzene rings is 2. The van der Waals surface area contributed by atoms with Gasteiger partial charge in [0.25, 0.3) is 11.8 Å². The minimum Gasteiger partial charge on any atom is -0.306 e. The van der Waals surface area contributed by atoms with Crippen LogP contribution >= 0.6 is 0 Å². The maximum absolute atomic E-state index is 13.6. The minimum absolute atomic E-state index is 0.0863. The molecule has 1 aromatic heterocycles. The lowest BCUT2D eigenvalue weighted by atomic mass is 9.90. The number of hydrogen-bond donors (Lipinski definition) is 0. The number of fused-ring (bicyclic) bond motifs is 3. The van der Waals surface area contributed by atoms with E-state index in [0.29, 0.717) is 11.1 Å². The highest BCUT2D eigenvalue weighted by atomic mass is 19.4. The van der Waals surface area contributed by atoms with Crippen molar-refractivity contribution < 1.29 is 22.8 Å². The van der Waals surface area contributed by atoms with E-state index in [4.69, 9.17) is 0 Å². The van der Waals surface area contributed by atoms with Gasteiger partial charge in [0.2, 0.25) is 0 Å². The Morgan fingerprint density at radius 1 is 0.968 bits per heavy atom. The number of carbonyl (C=O) groups is 2. The van der Waals surface area contributed by atoms with E-state index in [2.05, 4.69) is 4.98 Å². The third kappa shape index (κ3) is 2.67. The van der Waals surface area contributed by atoms with Gasteiger partial charge in [-0.1, -0.05) is 42.5 Å². The molecule has 0 saturated carbocycles. The Bertz CT molecular complexity index is 1200. The van der Waals surface area contributed by atoms with Crippen molar-refractivity contribution in [3.63, 3.8) is 0 Å². The van der Waals surface area contributed by atoms with Crippen LogP contribution in [0.3, 0.4) is 0 Å². The fourth-order valence-electron chi connectivity index (χ4n) is 4.56. The van der Waals surface area contributed by atoms with Crippen LogP contribution in [0.25, 0.3) is 0 Å². The SMILES string of the molecule is O=C(c1cccc(C(F)(F)F)c1)N1CCN2C(=O)c3ncccc3C12c1ccccc1. The number of alkyl halides is 3. The second-order valence-corrected chi connectivity index (χ2v) is 7.43. The molecule has 1 saturated heterocycles. The first kappa shape index (κ1) is 19.3. The molecule has 31 heavy (non-hydrogen) atoms. The largest absolute Gasteiger partial charge is 0.416 e. The van der Waals surface area contributed by atoms with Crippen LogP contribution in [0.1, 0.15) is 37.5 Å². The Hall–Kier alpha value is -3.68. The van der Waals surface area contributed by atoms with Crippen molar-refractivity contribution in [3.05, 3.63) is 101 Å². The third-order valence-electron chi connectivity index (χ3n) is 5.82. The summed E-state index contributed by atoms with van der Waals surface area (Å²) in [5.41, 5.74) is -0.776. The van der Waals surface area contributed by atoms with Crippen molar-refractivity contribution in [2.75, 3.05) is 13.1 Å². The molecule has 2 aliphatic rings. The van der Waals surface area contributed by atoms with Gasteiger partial charge in [0.05, 0.1) is 5.56 Å². The van der Waals surface area contributed by atoms with Gasteiger partial charge in [-0.25, -0.2) is 0 Å². The van der Waals surface area contributed by atoms with E-state index in [1.807, 2.05) is 6.07 Å². The molecular formula is C23H16F3N3O2. The van der Waals surface area contributed by atoms with Crippen molar-refractivity contribution >= 4 is 11.8 Å². The first-order chi connectivity index (χ1) is 14.8. The molecule has 5 rings (SSSR count). The van der Waals surface area contributed by atoms with Gasteiger partial charge >= 0.3 is 6.18 Å². The van der Waals surface area contributed by atoms with Crippen LogP contribution in [-0.2, 0) is 11.8 Å². The summed E-state index contributed by atoms with van der Waals surface area (Å²) < 4.78 is 39.7. The lowest BCUT2D eigenvalue weighted by molar-refractivity contribution is -0.137. The molecule has 0 radical (unpaired) electrons. The van der Waals surface area contributed by atoms with Gasteiger partial charge in [-0.3, -0.25) is 14.6 Å². The molecule has 5 nitrogen and oxygen atoms in total. The molecule has 1 unspecified atom stereocenters. The average molecular weight is 423 g/mol. The first-order valence-corrected chi connectivity index (χ1v) is 9.67. The van der Waals surface area contributed by atoms with Gasteiger partial charge in [0.15, 0.2) is 5.66 Å². The monoisotopic (exact) mass is 423 g/mol. The van der Waals surface area contributed by atoms with E-state index in [9.17, 15) is 22.8 Å². The number of carbonyl (C=O) groups excluding carboxylic acids is 2. The van der Waals surface area contributed by atoms with Crippen LogP contribution in [0.4, 0.5) is 13.2 Å². The zero-order chi connectivity index (χ0) is 21.8. The Balaban J connectivity index is 1.70. The van der Waals surface area contributed by atoms with Crippen molar-refractivity contribution in [2.45, 2.75) is 11.8 Å². The fraction of sp³-hybridized carbons (Fsp3) is 0.174. The van der Waals surface area contributed by atoms with E-state index in [1.54, 1.807) is 41.3 Å². The summed E-state index contributed by atoms with van der Waals surface area (Å²) in [6.07, 6.45) is -3.05. The predicted molar refractivity (Wildman–Crippen MR) is 105 cm³/mol. The number of aromatic nitrogens is 1. The summed E-state index contributed by atoms with van der Waals surface area (Å²) in [7, 11) is 0. The summed E-state index contributed by atoms with van der Waals surface area (Å²) in [5, 5.41) is 0. The summed E-state index contributed by atoms with van der Waals surface area (Å²) >= 11 is 0. The molecule has 156 valence electrons. The smallest absolute Gasteiger partial charge is 0.306 e. The zero-order valence-corrected chi connectivity index (χ0v) is 16.1. The summed E-state index contributed by atoms with van der Waals surface area (Å²) in [5.74, 6) is -0.888. The Morgan fingerprint density at radius 2 is 1.74 bits per heavy atom. The minimum atomic E-state index is -4.57. The molecule has 2 aliphatic heterocycles. The molecule has 0 aliphatic carbocycles. The highest BCUT2D eigenvalue weighted by molar-refractivity contribution is 6.02. The third-order valence-corrected chi connectivity index (χ3v) is 5.82. The highest BCUT2D eigenvalue weighted by Crippen LogP contribution is 2.49. The molecule has 3 heterocycles. The maximum atomic E-state index is 13.6.